The summed E-state index contributed by atoms with van der Waals surface area (Å²) >= 11 is 0. The van der Waals surface area contributed by atoms with Crippen LogP contribution in [0.15, 0.2) is 18.5 Å². The summed E-state index contributed by atoms with van der Waals surface area (Å²) in [5, 5.41) is 2.33. The lowest BCUT2D eigenvalue weighted by atomic mass is 9.85. The molecule has 0 saturated carbocycles. The Morgan fingerprint density at radius 3 is 2.94 bits per heavy atom. The molecule has 3 rings (SSSR count). The number of nitrogens with one attached hydrogen (secondary N) is 1. The molecule has 94 valence electrons. The van der Waals surface area contributed by atoms with Crippen molar-refractivity contribution in [2.45, 2.75) is 12.8 Å². The molecule has 1 unspecified atom stereocenters. The Morgan fingerprint density at radius 1 is 1.44 bits per heavy atom. The van der Waals surface area contributed by atoms with Gasteiger partial charge in [-0.15, -0.1) is 0 Å². The Labute approximate surface area is 103 Å². The molecule has 1 spiro atoms. The first-order valence-corrected chi connectivity index (χ1v) is 5.79. The fraction of sp³-hybridized carbons (Fsp3) is 0.417. The zero-order valence-corrected chi connectivity index (χ0v) is 9.65. The molecule has 0 radical (unpaired) electrons. The third-order valence-electron chi connectivity index (χ3n) is 3.68. The quantitative estimate of drug-likeness (QED) is 0.735. The van der Waals surface area contributed by atoms with E-state index in [0.29, 0.717) is 25.2 Å². The third kappa shape index (κ3) is 1.56. The van der Waals surface area contributed by atoms with Gasteiger partial charge in [-0.3, -0.25) is 19.9 Å². The first kappa shape index (κ1) is 11.1. The first-order chi connectivity index (χ1) is 8.61. The summed E-state index contributed by atoms with van der Waals surface area (Å²) in [6, 6.07) is 1.59. The lowest BCUT2D eigenvalue weighted by Gasteiger charge is -2.22. The normalized spacial score (nSPS) is 27.1. The minimum Gasteiger partial charge on any atom is -0.368 e. The van der Waals surface area contributed by atoms with Gasteiger partial charge in [0.25, 0.3) is 0 Å². The predicted octanol–water partition coefficient (Wildman–Crippen LogP) is 0.464. The average molecular weight is 249 g/mol. The highest BCUT2D eigenvalue weighted by molar-refractivity contribution is 6.06. The number of hydrogen-bond acceptors (Lipinski definition) is 4. The van der Waals surface area contributed by atoms with Crippen LogP contribution in [-0.4, -0.2) is 29.9 Å². The van der Waals surface area contributed by atoms with Crippen LogP contribution >= 0.6 is 0 Å². The molecule has 2 amide bonds. The molecule has 2 aliphatic rings. The van der Waals surface area contributed by atoms with Crippen LogP contribution in [0.25, 0.3) is 0 Å². The van der Waals surface area contributed by atoms with Crippen LogP contribution in [0.3, 0.4) is 0 Å². The van der Waals surface area contributed by atoms with E-state index < -0.39 is 11.2 Å². The van der Waals surface area contributed by atoms with E-state index in [1.807, 2.05) is 0 Å². The molecular weight excluding hydrogens is 237 g/mol. The fourth-order valence-electron chi connectivity index (χ4n) is 2.72. The van der Waals surface area contributed by atoms with Crippen molar-refractivity contribution in [3.8, 4) is 0 Å². The molecule has 1 N–H and O–H groups in total. The van der Waals surface area contributed by atoms with E-state index in [9.17, 15) is 14.0 Å². The van der Waals surface area contributed by atoms with Crippen LogP contribution in [0.4, 0.5) is 10.1 Å². The van der Waals surface area contributed by atoms with Gasteiger partial charge in [0.1, 0.15) is 0 Å². The van der Waals surface area contributed by atoms with Gasteiger partial charge in [-0.05, 0) is 12.5 Å². The van der Waals surface area contributed by atoms with Crippen molar-refractivity contribution in [3.63, 3.8) is 0 Å². The van der Waals surface area contributed by atoms with Gasteiger partial charge in [-0.25, -0.2) is 4.39 Å². The lowest BCUT2D eigenvalue weighted by Crippen LogP contribution is -2.34. The summed E-state index contributed by atoms with van der Waals surface area (Å²) in [6.07, 6.45) is 3.45. The number of carbonyl (C=O) groups is 2. The molecule has 2 saturated heterocycles. The van der Waals surface area contributed by atoms with Crippen LogP contribution < -0.4 is 10.2 Å². The second kappa shape index (κ2) is 3.76. The van der Waals surface area contributed by atoms with E-state index in [4.69, 9.17) is 0 Å². The van der Waals surface area contributed by atoms with E-state index in [2.05, 4.69) is 10.3 Å². The van der Waals surface area contributed by atoms with Gasteiger partial charge in [0.15, 0.2) is 5.82 Å². The average Bonchev–Trinajstić information content (AvgIpc) is 2.85. The third-order valence-corrected chi connectivity index (χ3v) is 3.68. The topological polar surface area (TPSA) is 62.3 Å². The molecule has 2 fully saturated rings. The summed E-state index contributed by atoms with van der Waals surface area (Å²) in [6.45, 7) is 0.952. The number of hydrogen-bond donors (Lipinski definition) is 1. The Balaban J connectivity index is 1.86. The Kier molecular flexibility index (Phi) is 2.33. The number of carbonyl (C=O) groups excluding carboxylic acids is 2. The molecule has 1 atom stereocenters. The first-order valence-electron chi connectivity index (χ1n) is 5.79. The largest absolute Gasteiger partial charge is 0.368 e. The summed E-state index contributed by atoms with van der Waals surface area (Å²) in [5.41, 5.74) is -0.235. The van der Waals surface area contributed by atoms with E-state index >= 15 is 0 Å². The molecule has 2 aliphatic heterocycles. The molecule has 5 nitrogen and oxygen atoms in total. The van der Waals surface area contributed by atoms with Crippen LogP contribution in [0.5, 0.6) is 0 Å². The van der Waals surface area contributed by atoms with E-state index in [1.165, 1.54) is 6.20 Å². The number of halogens is 1. The molecule has 1 aromatic heterocycles. The van der Waals surface area contributed by atoms with Gasteiger partial charge in [0.2, 0.25) is 11.8 Å². The van der Waals surface area contributed by atoms with Crippen molar-refractivity contribution in [1.82, 2.24) is 10.3 Å². The van der Waals surface area contributed by atoms with Gasteiger partial charge in [0.05, 0.1) is 17.3 Å². The number of imide groups is 1. The van der Waals surface area contributed by atoms with Crippen LogP contribution in [0, 0.1) is 11.2 Å². The predicted molar refractivity (Wildman–Crippen MR) is 61.2 cm³/mol. The van der Waals surface area contributed by atoms with Crippen LogP contribution in [0.1, 0.15) is 12.8 Å². The highest BCUT2D eigenvalue weighted by atomic mass is 19.1. The molecular formula is C12H12FN3O2. The zero-order valence-electron chi connectivity index (χ0n) is 9.65. The standard InChI is InChI=1S/C12H12FN3O2/c13-8-6-14-3-1-9(8)16-4-2-12(7-16)5-10(17)15-11(12)18/h1,3,6H,2,4-5,7H2,(H,15,17,18). The van der Waals surface area contributed by atoms with E-state index in [-0.39, 0.29) is 18.2 Å². The summed E-state index contributed by atoms with van der Waals surface area (Å²) in [5.74, 6) is -0.874. The van der Waals surface area contributed by atoms with Crippen LogP contribution in [-0.2, 0) is 9.59 Å². The maximum atomic E-state index is 13.6. The van der Waals surface area contributed by atoms with Gasteiger partial charge in [0, 0.05) is 25.7 Å². The number of nitrogens with zero attached hydrogens (tertiary/aromatic N) is 2. The minimum atomic E-state index is -0.674. The Hall–Kier alpha value is -1.98. The van der Waals surface area contributed by atoms with Gasteiger partial charge < -0.3 is 4.90 Å². The number of aromatic nitrogens is 1. The van der Waals surface area contributed by atoms with Crippen molar-refractivity contribution >= 4 is 17.5 Å². The molecule has 0 bridgehead atoms. The number of pyridine rings is 1. The molecule has 1 aromatic rings. The molecule has 0 aromatic carbocycles. The Morgan fingerprint density at radius 2 is 2.28 bits per heavy atom. The summed E-state index contributed by atoms with van der Waals surface area (Å²) < 4.78 is 13.6. The lowest BCUT2D eigenvalue weighted by molar-refractivity contribution is -0.127. The van der Waals surface area contributed by atoms with Crippen molar-refractivity contribution in [2.75, 3.05) is 18.0 Å². The molecule has 3 heterocycles. The maximum absolute atomic E-state index is 13.6. The second-order valence-corrected chi connectivity index (χ2v) is 4.83. The smallest absolute Gasteiger partial charge is 0.235 e. The zero-order chi connectivity index (χ0) is 12.8. The SMILES string of the molecule is O=C1CC2(CCN(c3ccncc3F)C2)C(=O)N1. The van der Waals surface area contributed by atoms with Crippen molar-refractivity contribution < 1.29 is 14.0 Å². The van der Waals surface area contributed by atoms with Gasteiger partial charge in [-0.1, -0.05) is 0 Å². The van der Waals surface area contributed by atoms with Crippen molar-refractivity contribution in [3.05, 3.63) is 24.3 Å². The molecule has 6 heteroatoms. The monoisotopic (exact) mass is 249 g/mol. The maximum Gasteiger partial charge on any atom is 0.235 e. The number of rotatable bonds is 1. The van der Waals surface area contributed by atoms with E-state index in [1.54, 1.807) is 11.0 Å². The minimum absolute atomic E-state index is 0.203. The van der Waals surface area contributed by atoms with Gasteiger partial charge >= 0.3 is 0 Å². The number of amides is 2. The summed E-state index contributed by atoms with van der Waals surface area (Å²) in [7, 11) is 0. The summed E-state index contributed by atoms with van der Waals surface area (Å²) in [4.78, 5) is 28.6. The molecule has 18 heavy (non-hydrogen) atoms. The van der Waals surface area contributed by atoms with Crippen molar-refractivity contribution in [2.24, 2.45) is 5.41 Å². The van der Waals surface area contributed by atoms with E-state index in [0.717, 1.165) is 6.20 Å². The Bertz CT molecular complexity index is 534. The van der Waals surface area contributed by atoms with Gasteiger partial charge in [-0.2, -0.15) is 0 Å². The molecule has 0 aliphatic carbocycles. The second-order valence-electron chi connectivity index (χ2n) is 4.83. The fourth-order valence-corrected chi connectivity index (χ4v) is 2.72. The highest BCUT2D eigenvalue weighted by Crippen LogP contribution is 2.39. The highest BCUT2D eigenvalue weighted by Gasteiger charge is 2.51. The van der Waals surface area contributed by atoms with Crippen molar-refractivity contribution in [1.29, 1.82) is 0 Å². The van der Waals surface area contributed by atoms with Crippen LogP contribution in [0.2, 0.25) is 0 Å². The number of anilines is 1.